The molecule has 0 bridgehead atoms. The number of alkyl halides is 1. The van der Waals surface area contributed by atoms with Crippen molar-refractivity contribution in [2.45, 2.75) is 45.1 Å². The van der Waals surface area contributed by atoms with E-state index in [1.54, 1.807) is 0 Å². The average Bonchev–Trinajstić information content (AvgIpc) is 2.31. The first-order chi connectivity index (χ1) is 7.58. The molecule has 0 unspecified atom stereocenters. The van der Waals surface area contributed by atoms with Crippen molar-refractivity contribution in [3.8, 4) is 0 Å². The highest BCUT2D eigenvalue weighted by molar-refractivity contribution is 4.93. The molecule has 1 spiro atoms. The lowest BCUT2D eigenvalue weighted by Crippen LogP contribution is -2.53. The van der Waals surface area contributed by atoms with E-state index in [0.29, 0.717) is 5.41 Å². The zero-order chi connectivity index (χ0) is 11.6. The number of halogens is 1. The molecule has 3 heteroatoms. The molecule has 0 aromatic carbocycles. The number of nitrogens with one attached hydrogen (secondary N) is 1. The van der Waals surface area contributed by atoms with Crippen LogP contribution in [0, 0.1) is 5.41 Å². The van der Waals surface area contributed by atoms with Gasteiger partial charge in [0.05, 0.1) is 0 Å². The van der Waals surface area contributed by atoms with Gasteiger partial charge >= 0.3 is 0 Å². The fourth-order valence-electron chi connectivity index (χ4n) is 3.13. The van der Waals surface area contributed by atoms with E-state index in [0.717, 1.165) is 13.1 Å². The van der Waals surface area contributed by atoms with Crippen LogP contribution in [0.2, 0.25) is 0 Å². The second-order valence-electron chi connectivity index (χ2n) is 6.18. The van der Waals surface area contributed by atoms with E-state index in [4.69, 9.17) is 0 Å². The topological polar surface area (TPSA) is 15.3 Å². The molecule has 2 saturated heterocycles. The fraction of sp³-hybridized carbons (Fsp3) is 1.00. The van der Waals surface area contributed by atoms with Crippen LogP contribution in [-0.4, -0.2) is 43.3 Å². The monoisotopic (exact) mass is 228 g/mol. The van der Waals surface area contributed by atoms with Gasteiger partial charge in [0, 0.05) is 5.54 Å². The van der Waals surface area contributed by atoms with Crippen LogP contribution in [0.1, 0.15) is 39.5 Å². The van der Waals surface area contributed by atoms with Crippen LogP contribution >= 0.6 is 0 Å². The summed E-state index contributed by atoms with van der Waals surface area (Å²) in [6.45, 7) is 8.31. The summed E-state index contributed by atoms with van der Waals surface area (Å²) in [5.74, 6) is 0. The molecule has 0 atom stereocenters. The highest BCUT2D eigenvalue weighted by Crippen LogP contribution is 2.40. The van der Waals surface area contributed by atoms with Gasteiger partial charge in [-0.2, -0.15) is 0 Å². The summed E-state index contributed by atoms with van der Waals surface area (Å²) in [4.78, 5) is 2.33. The van der Waals surface area contributed by atoms with E-state index in [-0.39, 0.29) is 12.2 Å². The van der Waals surface area contributed by atoms with Crippen molar-refractivity contribution >= 4 is 0 Å². The third-order valence-corrected chi connectivity index (χ3v) is 4.67. The zero-order valence-electron chi connectivity index (χ0n) is 10.7. The summed E-state index contributed by atoms with van der Waals surface area (Å²) < 4.78 is 12.9. The van der Waals surface area contributed by atoms with Gasteiger partial charge in [0.15, 0.2) is 0 Å². The third-order valence-electron chi connectivity index (χ3n) is 4.67. The largest absolute Gasteiger partial charge is 0.317 e. The van der Waals surface area contributed by atoms with E-state index < -0.39 is 0 Å². The van der Waals surface area contributed by atoms with Crippen molar-refractivity contribution in [2.75, 3.05) is 32.9 Å². The first-order valence-electron chi connectivity index (χ1n) is 6.60. The van der Waals surface area contributed by atoms with Gasteiger partial charge in [0.2, 0.25) is 0 Å². The molecular weight excluding hydrogens is 203 g/mol. The minimum absolute atomic E-state index is 0.235. The molecule has 94 valence electrons. The van der Waals surface area contributed by atoms with Gasteiger partial charge in [-0.15, -0.1) is 0 Å². The lowest BCUT2D eigenvalue weighted by atomic mass is 9.71. The molecule has 0 aromatic rings. The van der Waals surface area contributed by atoms with E-state index in [9.17, 15) is 4.39 Å². The van der Waals surface area contributed by atoms with Gasteiger partial charge in [-0.3, -0.25) is 4.90 Å². The average molecular weight is 228 g/mol. The molecule has 2 aliphatic rings. The molecule has 2 rings (SSSR count). The smallest absolute Gasteiger partial charge is 0.107 e. The standard InChI is InChI=1S/C13H25FN2/c1-12(2,11-14)16-9-5-13(6-10-16)3-7-15-8-4-13/h15H,3-11H2,1-2H3. The molecule has 2 heterocycles. The molecular formula is C13H25FN2. The number of piperidine rings is 2. The van der Waals surface area contributed by atoms with Gasteiger partial charge in [0.1, 0.15) is 6.67 Å². The van der Waals surface area contributed by atoms with Crippen molar-refractivity contribution < 1.29 is 4.39 Å². The van der Waals surface area contributed by atoms with Crippen molar-refractivity contribution in [2.24, 2.45) is 5.41 Å². The van der Waals surface area contributed by atoms with E-state index in [2.05, 4.69) is 10.2 Å². The number of nitrogens with zero attached hydrogens (tertiary/aromatic N) is 1. The van der Waals surface area contributed by atoms with Crippen LogP contribution in [0.4, 0.5) is 4.39 Å². The van der Waals surface area contributed by atoms with Crippen molar-refractivity contribution in [1.29, 1.82) is 0 Å². The predicted molar refractivity (Wildman–Crippen MR) is 65.4 cm³/mol. The van der Waals surface area contributed by atoms with Crippen LogP contribution in [0.3, 0.4) is 0 Å². The molecule has 16 heavy (non-hydrogen) atoms. The maximum Gasteiger partial charge on any atom is 0.107 e. The Labute approximate surface area is 98.6 Å². The Bertz CT molecular complexity index is 224. The molecule has 1 N–H and O–H groups in total. The molecule has 2 nitrogen and oxygen atoms in total. The summed E-state index contributed by atoms with van der Waals surface area (Å²) in [6, 6.07) is 0. The van der Waals surface area contributed by atoms with Crippen LogP contribution in [-0.2, 0) is 0 Å². The predicted octanol–water partition coefficient (Wildman–Crippen LogP) is 2.20. The third kappa shape index (κ3) is 2.40. The van der Waals surface area contributed by atoms with Crippen LogP contribution in [0.15, 0.2) is 0 Å². The maximum absolute atomic E-state index is 12.9. The van der Waals surface area contributed by atoms with Crippen LogP contribution in [0.25, 0.3) is 0 Å². The summed E-state index contributed by atoms with van der Waals surface area (Å²) in [5.41, 5.74) is 0.322. The second kappa shape index (κ2) is 4.61. The fourth-order valence-corrected chi connectivity index (χ4v) is 3.13. The van der Waals surface area contributed by atoms with Gasteiger partial charge in [0.25, 0.3) is 0 Å². The van der Waals surface area contributed by atoms with E-state index in [1.807, 2.05) is 13.8 Å². The lowest BCUT2D eigenvalue weighted by molar-refractivity contribution is 0.00859. The molecule has 2 fully saturated rings. The number of likely N-dealkylation sites (tertiary alicyclic amines) is 1. The summed E-state index contributed by atoms with van der Waals surface area (Å²) >= 11 is 0. The van der Waals surface area contributed by atoms with E-state index in [1.165, 1.54) is 38.8 Å². The lowest BCUT2D eigenvalue weighted by Gasteiger charge is -2.48. The Kier molecular flexibility index (Phi) is 3.55. The molecule has 0 aliphatic carbocycles. The summed E-state index contributed by atoms with van der Waals surface area (Å²) in [7, 11) is 0. The Morgan fingerprint density at radius 1 is 1.12 bits per heavy atom. The number of rotatable bonds is 2. The van der Waals surface area contributed by atoms with Crippen LogP contribution < -0.4 is 5.32 Å². The SMILES string of the molecule is CC(C)(CF)N1CCC2(CCNCC2)CC1. The van der Waals surface area contributed by atoms with Crippen molar-refractivity contribution in [3.05, 3.63) is 0 Å². The minimum atomic E-state index is -0.255. The zero-order valence-corrected chi connectivity index (χ0v) is 10.7. The van der Waals surface area contributed by atoms with E-state index >= 15 is 0 Å². The normalized spacial score (nSPS) is 27.2. The maximum atomic E-state index is 12.9. The molecule has 0 amide bonds. The molecule has 0 saturated carbocycles. The Morgan fingerprint density at radius 2 is 1.69 bits per heavy atom. The summed E-state index contributed by atoms with van der Waals surface area (Å²) in [6.07, 6.45) is 5.16. The summed E-state index contributed by atoms with van der Waals surface area (Å²) in [5, 5.41) is 3.44. The quantitative estimate of drug-likeness (QED) is 0.779. The van der Waals surface area contributed by atoms with Crippen LogP contribution in [0.5, 0.6) is 0 Å². The van der Waals surface area contributed by atoms with Crippen molar-refractivity contribution in [1.82, 2.24) is 10.2 Å². The molecule has 0 aromatic heterocycles. The number of hydrogen-bond donors (Lipinski definition) is 1. The molecule has 2 aliphatic heterocycles. The first-order valence-corrected chi connectivity index (χ1v) is 6.60. The van der Waals surface area contributed by atoms with Crippen molar-refractivity contribution in [3.63, 3.8) is 0 Å². The van der Waals surface area contributed by atoms with Gasteiger partial charge in [-0.1, -0.05) is 0 Å². The minimum Gasteiger partial charge on any atom is -0.317 e. The van der Waals surface area contributed by atoms with Gasteiger partial charge < -0.3 is 5.32 Å². The first kappa shape index (κ1) is 12.3. The molecule has 0 radical (unpaired) electrons. The number of hydrogen-bond acceptors (Lipinski definition) is 2. The second-order valence-corrected chi connectivity index (χ2v) is 6.18. The highest BCUT2D eigenvalue weighted by atomic mass is 19.1. The Morgan fingerprint density at radius 3 is 2.19 bits per heavy atom. The Hall–Kier alpha value is -0.150. The van der Waals surface area contributed by atoms with Gasteiger partial charge in [-0.05, 0) is 71.1 Å². The highest BCUT2D eigenvalue weighted by Gasteiger charge is 2.39. The van der Waals surface area contributed by atoms with Gasteiger partial charge in [-0.25, -0.2) is 4.39 Å². The Balaban J connectivity index is 1.91.